The van der Waals surface area contributed by atoms with Crippen molar-refractivity contribution in [2.45, 2.75) is 46.2 Å². The van der Waals surface area contributed by atoms with Crippen molar-refractivity contribution in [3.8, 4) is 0 Å². The highest BCUT2D eigenvalue weighted by Crippen LogP contribution is 2.23. The summed E-state index contributed by atoms with van der Waals surface area (Å²) in [5.74, 6) is -1.52. The maximum atomic E-state index is 12.3. The van der Waals surface area contributed by atoms with Gasteiger partial charge in [0.25, 0.3) is 5.91 Å². The summed E-state index contributed by atoms with van der Waals surface area (Å²) in [6.45, 7) is 9.64. The molecule has 2 aliphatic heterocycles. The highest BCUT2D eigenvalue weighted by Gasteiger charge is 2.34. The zero-order valence-corrected chi connectivity index (χ0v) is 12.5. The van der Waals surface area contributed by atoms with E-state index in [9.17, 15) is 9.59 Å². The average Bonchev–Trinajstić information content (AvgIpc) is 2.83. The first kappa shape index (κ1) is 14.8. The number of nitrogens with zero attached hydrogens (tertiary/aromatic N) is 3. The second-order valence-corrected chi connectivity index (χ2v) is 5.82. The molecule has 2 unspecified atom stereocenters. The SMILES string of the molecule is CC1=C(C)C(C(=O)NC2CCN(C(C)C)C2)C(=O)N=N1. The summed E-state index contributed by atoms with van der Waals surface area (Å²) in [6.07, 6.45) is 0.925. The molecule has 0 aromatic heterocycles. The van der Waals surface area contributed by atoms with Crippen molar-refractivity contribution in [1.82, 2.24) is 10.2 Å². The molecule has 2 heterocycles. The van der Waals surface area contributed by atoms with Gasteiger partial charge in [0, 0.05) is 25.2 Å². The maximum absolute atomic E-state index is 12.3. The third-order valence-corrected chi connectivity index (χ3v) is 4.11. The van der Waals surface area contributed by atoms with Crippen LogP contribution in [0.15, 0.2) is 21.5 Å². The molecule has 1 N–H and O–H groups in total. The molecular weight excluding hydrogens is 256 g/mol. The van der Waals surface area contributed by atoms with Crippen LogP contribution in [0.1, 0.15) is 34.1 Å². The minimum Gasteiger partial charge on any atom is -0.351 e. The van der Waals surface area contributed by atoms with Gasteiger partial charge in [-0.15, -0.1) is 5.11 Å². The number of hydrogen-bond acceptors (Lipinski definition) is 4. The Morgan fingerprint density at radius 1 is 1.35 bits per heavy atom. The monoisotopic (exact) mass is 278 g/mol. The highest BCUT2D eigenvalue weighted by molar-refractivity contribution is 6.04. The summed E-state index contributed by atoms with van der Waals surface area (Å²) in [5.41, 5.74) is 1.35. The summed E-state index contributed by atoms with van der Waals surface area (Å²) >= 11 is 0. The Kier molecular flexibility index (Phi) is 4.32. The number of azo groups is 1. The number of likely N-dealkylation sites (tertiary alicyclic amines) is 1. The number of rotatable bonds is 3. The molecule has 0 bridgehead atoms. The molecule has 1 saturated heterocycles. The fraction of sp³-hybridized carbons (Fsp3) is 0.714. The van der Waals surface area contributed by atoms with Crippen LogP contribution in [-0.4, -0.2) is 41.9 Å². The van der Waals surface area contributed by atoms with Crippen molar-refractivity contribution in [2.75, 3.05) is 13.1 Å². The molecule has 0 aliphatic carbocycles. The Morgan fingerprint density at radius 2 is 2.05 bits per heavy atom. The quantitative estimate of drug-likeness (QED) is 0.795. The van der Waals surface area contributed by atoms with Gasteiger partial charge in [0.1, 0.15) is 5.92 Å². The number of allylic oxidation sites excluding steroid dienone is 1. The molecule has 0 saturated carbocycles. The molecule has 0 spiro atoms. The first-order chi connectivity index (χ1) is 9.40. The molecular formula is C14H22N4O2. The Hall–Kier alpha value is -1.56. The molecule has 110 valence electrons. The molecule has 2 rings (SSSR count). The molecule has 20 heavy (non-hydrogen) atoms. The normalized spacial score (nSPS) is 27.6. The summed E-state index contributed by atoms with van der Waals surface area (Å²) in [5, 5.41) is 10.3. The number of hydrogen-bond donors (Lipinski definition) is 1. The Morgan fingerprint density at radius 3 is 2.65 bits per heavy atom. The molecule has 6 heteroatoms. The van der Waals surface area contributed by atoms with E-state index < -0.39 is 11.8 Å². The molecule has 1 fully saturated rings. The lowest BCUT2D eigenvalue weighted by molar-refractivity contribution is -0.132. The van der Waals surface area contributed by atoms with Gasteiger partial charge in [-0.05, 0) is 39.7 Å². The van der Waals surface area contributed by atoms with E-state index in [-0.39, 0.29) is 11.9 Å². The smallest absolute Gasteiger partial charge is 0.281 e. The van der Waals surface area contributed by atoms with Crippen molar-refractivity contribution in [3.05, 3.63) is 11.3 Å². The molecule has 0 aromatic carbocycles. The third kappa shape index (κ3) is 2.95. The van der Waals surface area contributed by atoms with Crippen molar-refractivity contribution in [3.63, 3.8) is 0 Å². The van der Waals surface area contributed by atoms with Crippen molar-refractivity contribution >= 4 is 11.8 Å². The van der Waals surface area contributed by atoms with Gasteiger partial charge in [-0.2, -0.15) is 5.11 Å². The minimum atomic E-state index is -0.805. The van der Waals surface area contributed by atoms with Crippen LogP contribution in [0.25, 0.3) is 0 Å². The van der Waals surface area contributed by atoms with Crippen molar-refractivity contribution in [2.24, 2.45) is 16.1 Å². The van der Waals surface area contributed by atoms with Crippen LogP contribution in [0.2, 0.25) is 0 Å². The van der Waals surface area contributed by atoms with E-state index in [2.05, 4.69) is 34.3 Å². The van der Waals surface area contributed by atoms with Crippen molar-refractivity contribution in [1.29, 1.82) is 0 Å². The van der Waals surface area contributed by atoms with Crippen LogP contribution in [0, 0.1) is 5.92 Å². The van der Waals surface area contributed by atoms with Gasteiger partial charge in [-0.3, -0.25) is 14.5 Å². The van der Waals surface area contributed by atoms with Gasteiger partial charge in [-0.1, -0.05) is 0 Å². The van der Waals surface area contributed by atoms with Crippen LogP contribution in [-0.2, 0) is 9.59 Å². The average molecular weight is 278 g/mol. The lowest BCUT2D eigenvalue weighted by atomic mass is 9.96. The molecule has 0 radical (unpaired) electrons. The summed E-state index contributed by atoms with van der Waals surface area (Å²) in [7, 11) is 0. The number of amides is 2. The maximum Gasteiger partial charge on any atom is 0.281 e. The third-order valence-electron chi connectivity index (χ3n) is 4.11. The number of nitrogens with one attached hydrogen (secondary N) is 1. The first-order valence-electron chi connectivity index (χ1n) is 7.07. The number of carbonyl (C=O) groups excluding carboxylic acids is 2. The van der Waals surface area contributed by atoms with Gasteiger partial charge in [-0.25, -0.2) is 0 Å². The fourth-order valence-corrected chi connectivity index (χ4v) is 2.62. The van der Waals surface area contributed by atoms with E-state index in [0.717, 1.165) is 19.5 Å². The van der Waals surface area contributed by atoms with Crippen LogP contribution < -0.4 is 5.32 Å². The van der Waals surface area contributed by atoms with Gasteiger partial charge >= 0.3 is 0 Å². The van der Waals surface area contributed by atoms with Gasteiger partial charge in [0.05, 0.1) is 5.70 Å². The molecule has 0 aromatic rings. The first-order valence-corrected chi connectivity index (χ1v) is 7.07. The van der Waals surface area contributed by atoms with Crippen LogP contribution in [0.3, 0.4) is 0 Å². The predicted molar refractivity (Wildman–Crippen MR) is 75.0 cm³/mol. The largest absolute Gasteiger partial charge is 0.351 e. The molecule has 2 amide bonds. The van der Waals surface area contributed by atoms with E-state index in [1.165, 1.54) is 0 Å². The summed E-state index contributed by atoms with van der Waals surface area (Å²) < 4.78 is 0. The van der Waals surface area contributed by atoms with Gasteiger partial charge in [0.15, 0.2) is 0 Å². The van der Waals surface area contributed by atoms with Crippen LogP contribution in [0.4, 0.5) is 0 Å². The predicted octanol–water partition coefficient (Wildman–Crippen LogP) is 1.49. The van der Waals surface area contributed by atoms with Gasteiger partial charge < -0.3 is 5.32 Å². The van der Waals surface area contributed by atoms with E-state index in [1.807, 2.05) is 0 Å². The van der Waals surface area contributed by atoms with Gasteiger partial charge in [0.2, 0.25) is 5.91 Å². The van der Waals surface area contributed by atoms with E-state index >= 15 is 0 Å². The lowest BCUT2D eigenvalue weighted by Crippen LogP contribution is -2.44. The van der Waals surface area contributed by atoms with Crippen LogP contribution >= 0.6 is 0 Å². The standard InChI is InChI=1S/C14H22N4O2/c1-8(2)18-6-5-11(7-18)15-13(19)12-9(3)10(4)16-17-14(12)20/h8,11-12H,5-7H2,1-4H3,(H,15,19). The Bertz CT molecular complexity index is 482. The van der Waals surface area contributed by atoms with E-state index in [4.69, 9.17) is 0 Å². The second kappa shape index (κ2) is 5.83. The van der Waals surface area contributed by atoms with Crippen LogP contribution in [0.5, 0.6) is 0 Å². The molecule has 2 aliphatic rings. The molecule has 6 nitrogen and oxygen atoms in total. The fourth-order valence-electron chi connectivity index (χ4n) is 2.62. The zero-order chi connectivity index (χ0) is 14.9. The minimum absolute atomic E-state index is 0.115. The lowest BCUT2D eigenvalue weighted by Gasteiger charge is -2.22. The Labute approximate surface area is 119 Å². The summed E-state index contributed by atoms with van der Waals surface area (Å²) in [6, 6.07) is 0.593. The van der Waals surface area contributed by atoms with E-state index in [1.54, 1.807) is 13.8 Å². The summed E-state index contributed by atoms with van der Waals surface area (Å²) in [4.78, 5) is 26.4. The topological polar surface area (TPSA) is 74.1 Å². The zero-order valence-electron chi connectivity index (χ0n) is 12.5. The molecule has 2 atom stereocenters. The van der Waals surface area contributed by atoms with E-state index in [0.29, 0.717) is 17.3 Å². The number of carbonyl (C=O) groups is 2. The second-order valence-electron chi connectivity index (χ2n) is 5.82. The highest BCUT2D eigenvalue weighted by atomic mass is 16.2. The van der Waals surface area contributed by atoms with Crippen molar-refractivity contribution < 1.29 is 9.59 Å². The Balaban J connectivity index is 1.99.